The summed E-state index contributed by atoms with van der Waals surface area (Å²) in [6.45, 7) is 6.71. The molecule has 3 aromatic rings. The van der Waals surface area contributed by atoms with Gasteiger partial charge in [0.05, 0.1) is 25.5 Å². The second-order valence-electron chi connectivity index (χ2n) is 7.85. The van der Waals surface area contributed by atoms with Gasteiger partial charge in [-0.05, 0) is 78.7 Å². The molecule has 0 aromatic heterocycles. The van der Waals surface area contributed by atoms with E-state index in [9.17, 15) is 9.59 Å². The number of nitrogens with one attached hydrogen (secondary N) is 1. The van der Waals surface area contributed by atoms with Crippen LogP contribution in [0.3, 0.4) is 0 Å². The summed E-state index contributed by atoms with van der Waals surface area (Å²) in [5, 5.41) is 3.99. The first kappa shape index (κ1) is 27.0. The summed E-state index contributed by atoms with van der Waals surface area (Å²) in [5.74, 6) is 1.06. The van der Waals surface area contributed by atoms with Gasteiger partial charge < -0.3 is 18.9 Å². The van der Waals surface area contributed by atoms with Crippen molar-refractivity contribution in [2.75, 3.05) is 20.3 Å². The fourth-order valence-electron chi connectivity index (χ4n) is 3.12. The summed E-state index contributed by atoms with van der Waals surface area (Å²) < 4.78 is 21.9. The van der Waals surface area contributed by atoms with E-state index in [1.807, 2.05) is 0 Å². The van der Waals surface area contributed by atoms with E-state index in [0.717, 1.165) is 12.8 Å². The van der Waals surface area contributed by atoms with Crippen molar-refractivity contribution in [1.82, 2.24) is 5.43 Å². The normalized spacial score (nSPS) is 10.5. The first-order valence-electron chi connectivity index (χ1n) is 11.8. The molecule has 8 heteroatoms. The molecule has 192 valence electrons. The van der Waals surface area contributed by atoms with Crippen molar-refractivity contribution in [1.29, 1.82) is 0 Å². The lowest BCUT2D eigenvalue weighted by atomic mass is 10.2. The monoisotopic (exact) mass is 502 g/mol. The van der Waals surface area contributed by atoms with E-state index in [0.29, 0.717) is 47.2 Å². The van der Waals surface area contributed by atoms with Gasteiger partial charge in [0.2, 0.25) is 0 Å². The summed E-state index contributed by atoms with van der Waals surface area (Å²) in [7, 11) is 1.47. The van der Waals surface area contributed by atoms with Gasteiger partial charge in [-0.2, -0.15) is 5.10 Å². The minimum Gasteiger partial charge on any atom is -0.494 e. The maximum absolute atomic E-state index is 12.6. The highest BCUT2D eigenvalue weighted by Crippen LogP contribution is 2.28. The molecule has 1 amide bonds. The van der Waals surface area contributed by atoms with Gasteiger partial charge in [0.1, 0.15) is 18.1 Å². The smallest absolute Gasteiger partial charge is 0.343 e. The molecule has 8 nitrogen and oxygen atoms in total. The molecule has 0 bridgehead atoms. The molecular weight excluding hydrogens is 472 g/mol. The number of nitrogens with zero attached hydrogens (tertiary/aromatic N) is 1. The molecule has 37 heavy (non-hydrogen) atoms. The second-order valence-corrected chi connectivity index (χ2v) is 7.85. The molecule has 0 aliphatic rings. The fourth-order valence-corrected chi connectivity index (χ4v) is 3.12. The predicted molar refractivity (Wildman–Crippen MR) is 142 cm³/mol. The Morgan fingerprint density at radius 2 is 1.59 bits per heavy atom. The lowest BCUT2D eigenvalue weighted by Crippen LogP contribution is -2.17. The Bertz CT molecular complexity index is 1220. The number of ether oxygens (including phenoxy) is 4. The third-order valence-corrected chi connectivity index (χ3v) is 5.11. The number of rotatable bonds is 13. The number of hydrogen-bond donors (Lipinski definition) is 1. The lowest BCUT2D eigenvalue weighted by Gasteiger charge is -2.10. The third kappa shape index (κ3) is 8.24. The Balaban J connectivity index is 1.57. The molecule has 3 aromatic carbocycles. The average Bonchev–Trinajstić information content (AvgIpc) is 2.93. The van der Waals surface area contributed by atoms with Crippen LogP contribution in [0.1, 0.15) is 46.0 Å². The number of carbonyl (C=O) groups excluding carboxylic acids is 2. The SMILES string of the molecule is C=CCOc1ccc(C(=O)N/N=C\c2ccc(OC(=O)c3ccc(OCCCC)cc3)c(OC)c2)cc1. The van der Waals surface area contributed by atoms with Gasteiger partial charge in [0.25, 0.3) is 5.91 Å². The van der Waals surface area contributed by atoms with E-state index in [-0.39, 0.29) is 11.7 Å². The Morgan fingerprint density at radius 1 is 0.919 bits per heavy atom. The van der Waals surface area contributed by atoms with Gasteiger partial charge >= 0.3 is 5.97 Å². The molecule has 3 rings (SSSR count). The predicted octanol–water partition coefficient (Wildman–Crippen LogP) is 5.42. The molecule has 0 saturated carbocycles. The Kier molecular flexibility index (Phi) is 10.3. The van der Waals surface area contributed by atoms with Crippen LogP contribution in [0, 0.1) is 0 Å². The first-order valence-corrected chi connectivity index (χ1v) is 11.8. The van der Waals surface area contributed by atoms with Crippen LogP contribution in [-0.4, -0.2) is 38.4 Å². The maximum atomic E-state index is 12.6. The van der Waals surface area contributed by atoms with Crippen LogP contribution in [-0.2, 0) is 0 Å². The zero-order valence-electron chi connectivity index (χ0n) is 20.9. The van der Waals surface area contributed by atoms with Crippen molar-refractivity contribution in [3.63, 3.8) is 0 Å². The van der Waals surface area contributed by atoms with Crippen molar-refractivity contribution < 1.29 is 28.5 Å². The van der Waals surface area contributed by atoms with Crippen molar-refractivity contribution in [2.45, 2.75) is 19.8 Å². The Hall–Kier alpha value is -4.59. The summed E-state index contributed by atoms with van der Waals surface area (Å²) in [4.78, 5) is 24.9. The van der Waals surface area contributed by atoms with Gasteiger partial charge in [-0.25, -0.2) is 10.2 Å². The molecule has 0 fully saturated rings. The van der Waals surface area contributed by atoms with Crippen LogP contribution in [0.25, 0.3) is 0 Å². The molecule has 0 aliphatic carbocycles. The summed E-state index contributed by atoms with van der Waals surface area (Å²) in [6.07, 6.45) is 5.12. The highest BCUT2D eigenvalue weighted by atomic mass is 16.6. The molecule has 0 radical (unpaired) electrons. The summed E-state index contributed by atoms with van der Waals surface area (Å²) in [6, 6.07) is 18.4. The number of benzene rings is 3. The zero-order valence-corrected chi connectivity index (χ0v) is 20.9. The van der Waals surface area contributed by atoms with Gasteiger partial charge in [0, 0.05) is 5.56 Å². The van der Waals surface area contributed by atoms with E-state index < -0.39 is 5.97 Å². The quantitative estimate of drug-likeness (QED) is 0.0837. The highest BCUT2D eigenvalue weighted by Gasteiger charge is 2.13. The molecule has 0 aliphatic heterocycles. The largest absolute Gasteiger partial charge is 0.494 e. The van der Waals surface area contributed by atoms with Gasteiger partial charge in [0.15, 0.2) is 11.5 Å². The first-order chi connectivity index (χ1) is 18.0. The van der Waals surface area contributed by atoms with Gasteiger partial charge in [-0.3, -0.25) is 4.79 Å². The van der Waals surface area contributed by atoms with E-state index in [1.165, 1.54) is 13.3 Å². The highest BCUT2D eigenvalue weighted by molar-refractivity contribution is 5.95. The third-order valence-electron chi connectivity index (χ3n) is 5.11. The number of hydrazone groups is 1. The van der Waals surface area contributed by atoms with E-state index in [4.69, 9.17) is 18.9 Å². The molecule has 0 heterocycles. The van der Waals surface area contributed by atoms with Gasteiger partial charge in [-0.15, -0.1) is 0 Å². The van der Waals surface area contributed by atoms with Crippen LogP contribution < -0.4 is 24.4 Å². The van der Waals surface area contributed by atoms with Crippen LogP contribution in [0.15, 0.2) is 84.5 Å². The molecule has 1 N–H and O–H groups in total. The topological polar surface area (TPSA) is 95.5 Å². The Labute approximate surface area is 216 Å². The molecule has 0 atom stereocenters. The van der Waals surface area contributed by atoms with Crippen molar-refractivity contribution in [3.05, 3.63) is 96.1 Å². The average molecular weight is 503 g/mol. The maximum Gasteiger partial charge on any atom is 0.343 e. The van der Waals surface area contributed by atoms with Crippen LogP contribution in [0.4, 0.5) is 0 Å². The van der Waals surface area contributed by atoms with E-state index in [1.54, 1.807) is 72.8 Å². The number of carbonyl (C=O) groups is 2. The van der Waals surface area contributed by atoms with Crippen LogP contribution in [0.2, 0.25) is 0 Å². The van der Waals surface area contributed by atoms with Crippen molar-refractivity contribution >= 4 is 18.1 Å². The number of unbranched alkanes of at least 4 members (excludes halogenated alkanes) is 1. The van der Waals surface area contributed by atoms with Crippen molar-refractivity contribution in [2.24, 2.45) is 5.10 Å². The summed E-state index contributed by atoms with van der Waals surface area (Å²) in [5.41, 5.74) is 3.93. The fraction of sp³-hybridized carbons (Fsp3) is 0.207. The second kappa shape index (κ2) is 14.1. The van der Waals surface area contributed by atoms with Crippen molar-refractivity contribution in [3.8, 4) is 23.0 Å². The van der Waals surface area contributed by atoms with Gasteiger partial charge in [-0.1, -0.05) is 26.0 Å². The lowest BCUT2D eigenvalue weighted by molar-refractivity contribution is 0.0729. The number of esters is 1. The van der Waals surface area contributed by atoms with Crippen LogP contribution in [0.5, 0.6) is 23.0 Å². The molecule has 0 saturated heterocycles. The standard InChI is InChI=1S/C29H30N2O6/c1-4-6-18-36-25-14-10-23(11-15-25)29(33)37-26-16-7-21(19-27(26)34-3)20-30-31-28(32)22-8-12-24(13-9-22)35-17-5-2/h5,7-16,19-20H,2,4,6,17-18H2,1,3H3,(H,31,32)/b30-20-. The molecule has 0 unspecified atom stereocenters. The van der Waals surface area contributed by atoms with E-state index in [2.05, 4.69) is 24.0 Å². The minimum absolute atomic E-state index is 0.260. The van der Waals surface area contributed by atoms with E-state index >= 15 is 0 Å². The Morgan fingerprint density at radius 3 is 2.24 bits per heavy atom. The molecule has 0 spiro atoms. The number of hydrogen-bond acceptors (Lipinski definition) is 7. The van der Waals surface area contributed by atoms with Crippen LogP contribution >= 0.6 is 0 Å². The molecular formula is C29H30N2O6. The number of amides is 1. The summed E-state index contributed by atoms with van der Waals surface area (Å²) >= 11 is 0. The number of methoxy groups -OCH3 is 1. The zero-order chi connectivity index (χ0) is 26.5. The minimum atomic E-state index is -0.520.